The molecule has 144 valence electrons. The molecule has 0 atom stereocenters. The molecule has 0 aliphatic heterocycles. The van der Waals surface area contributed by atoms with Gasteiger partial charge in [-0.1, -0.05) is 6.07 Å². The summed E-state index contributed by atoms with van der Waals surface area (Å²) in [6.07, 6.45) is 4.96. The third-order valence-corrected chi connectivity index (χ3v) is 3.52. The van der Waals surface area contributed by atoms with E-state index in [1.165, 1.54) is 5.56 Å². The van der Waals surface area contributed by atoms with Gasteiger partial charge in [0.25, 0.3) is 0 Å². The molecule has 1 aromatic carbocycles. The van der Waals surface area contributed by atoms with E-state index in [1.807, 2.05) is 42.1 Å². The van der Waals surface area contributed by atoms with Crippen LogP contribution in [-0.2, 0) is 18.3 Å². The Labute approximate surface area is 173 Å². The van der Waals surface area contributed by atoms with Gasteiger partial charge in [0.1, 0.15) is 5.75 Å². The lowest BCUT2D eigenvalue weighted by atomic mass is 10.3. The molecule has 6 nitrogen and oxygen atoms in total. The SMILES string of the molecule is CCNC(=NCc1ccn(C)c1)Nc1cccc(OCCCOC)c1.I. The summed E-state index contributed by atoms with van der Waals surface area (Å²) in [5, 5.41) is 6.59. The Morgan fingerprint density at radius 2 is 2.08 bits per heavy atom. The predicted octanol–water partition coefficient (Wildman–Crippen LogP) is 3.64. The molecule has 0 radical (unpaired) electrons. The van der Waals surface area contributed by atoms with Gasteiger partial charge in [-0.15, -0.1) is 24.0 Å². The second-order valence-electron chi connectivity index (χ2n) is 5.73. The third-order valence-electron chi connectivity index (χ3n) is 3.52. The highest BCUT2D eigenvalue weighted by molar-refractivity contribution is 14.0. The van der Waals surface area contributed by atoms with Gasteiger partial charge < -0.3 is 24.7 Å². The second-order valence-corrected chi connectivity index (χ2v) is 5.73. The molecule has 1 aromatic heterocycles. The first kappa shape index (κ1) is 22.3. The van der Waals surface area contributed by atoms with Crippen molar-refractivity contribution >= 4 is 35.6 Å². The largest absolute Gasteiger partial charge is 0.493 e. The maximum absolute atomic E-state index is 5.74. The molecule has 2 aromatic rings. The molecule has 0 bridgehead atoms. The first-order chi connectivity index (χ1) is 12.2. The summed E-state index contributed by atoms with van der Waals surface area (Å²) in [6, 6.07) is 9.96. The fourth-order valence-corrected chi connectivity index (χ4v) is 2.33. The normalized spacial score (nSPS) is 11.0. The maximum atomic E-state index is 5.74. The van der Waals surface area contributed by atoms with E-state index in [0.29, 0.717) is 19.8 Å². The Morgan fingerprint density at radius 3 is 2.77 bits per heavy atom. The molecule has 0 unspecified atom stereocenters. The number of hydrogen-bond donors (Lipinski definition) is 2. The number of rotatable bonds is 9. The van der Waals surface area contributed by atoms with Gasteiger partial charge in [0, 0.05) is 57.9 Å². The lowest BCUT2D eigenvalue weighted by molar-refractivity contribution is 0.172. The molecule has 7 heteroatoms. The number of guanidine groups is 1. The van der Waals surface area contributed by atoms with Gasteiger partial charge in [-0.3, -0.25) is 0 Å². The van der Waals surface area contributed by atoms with Gasteiger partial charge in [-0.25, -0.2) is 4.99 Å². The molecular formula is C19H29IN4O2. The minimum absolute atomic E-state index is 0. The quantitative estimate of drug-likeness (QED) is 0.253. The van der Waals surface area contributed by atoms with Gasteiger partial charge in [-0.2, -0.15) is 0 Å². The number of benzene rings is 1. The minimum atomic E-state index is 0. The van der Waals surface area contributed by atoms with Crippen molar-refractivity contribution in [2.24, 2.45) is 12.0 Å². The Morgan fingerprint density at radius 1 is 1.23 bits per heavy atom. The second kappa shape index (κ2) is 12.6. The van der Waals surface area contributed by atoms with Crippen LogP contribution < -0.4 is 15.4 Å². The zero-order valence-corrected chi connectivity index (χ0v) is 18.0. The zero-order valence-electron chi connectivity index (χ0n) is 15.7. The van der Waals surface area contributed by atoms with Gasteiger partial charge in [0.05, 0.1) is 13.2 Å². The van der Waals surface area contributed by atoms with E-state index in [1.54, 1.807) is 7.11 Å². The third kappa shape index (κ3) is 8.09. The Bertz CT molecular complexity index is 673. The predicted molar refractivity (Wildman–Crippen MR) is 118 cm³/mol. The maximum Gasteiger partial charge on any atom is 0.196 e. The monoisotopic (exact) mass is 472 g/mol. The van der Waals surface area contributed by atoms with Crippen molar-refractivity contribution in [1.82, 2.24) is 9.88 Å². The van der Waals surface area contributed by atoms with Crippen molar-refractivity contribution in [3.05, 3.63) is 48.3 Å². The number of anilines is 1. The van der Waals surface area contributed by atoms with Crippen molar-refractivity contribution in [2.75, 3.05) is 32.2 Å². The highest BCUT2D eigenvalue weighted by Gasteiger charge is 2.02. The summed E-state index contributed by atoms with van der Waals surface area (Å²) < 4.78 is 12.8. The van der Waals surface area contributed by atoms with Crippen LogP contribution in [0.5, 0.6) is 5.75 Å². The molecule has 0 aliphatic carbocycles. The number of nitrogens with zero attached hydrogens (tertiary/aromatic N) is 2. The number of aryl methyl sites for hydroxylation is 1. The van der Waals surface area contributed by atoms with Crippen molar-refractivity contribution < 1.29 is 9.47 Å². The van der Waals surface area contributed by atoms with Crippen LogP contribution in [0.1, 0.15) is 18.9 Å². The Hall–Kier alpha value is -1.74. The number of methoxy groups -OCH3 is 1. The lowest BCUT2D eigenvalue weighted by Crippen LogP contribution is -2.30. The van der Waals surface area contributed by atoms with Gasteiger partial charge in [-0.05, 0) is 30.7 Å². The smallest absolute Gasteiger partial charge is 0.196 e. The van der Waals surface area contributed by atoms with E-state index in [-0.39, 0.29) is 24.0 Å². The van der Waals surface area contributed by atoms with Gasteiger partial charge in [0.15, 0.2) is 5.96 Å². The fourth-order valence-electron chi connectivity index (χ4n) is 2.33. The van der Waals surface area contributed by atoms with Crippen LogP contribution in [0, 0.1) is 0 Å². The van der Waals surface area contributed by atoms with Crippen LogP contribution >= 0.6 is 24.0 Å². The van der Waals surface area contributed by atoms with Crippen LogP contribution in [-0.4, -0.2) is 37.4 Å². The molecule has 1 heterocycles. The lowest BCUT2D eigenvalue weighted by Gasteiger charge is -2.12. The standard InChI is InChI=1S/C19H28N4O2.HI/c1-4-20-19(21-14-16-9-10-23(2)15-16)22-17-7-5-8-18(13-17)25-12-6-11-24-3;/h5,7-10,13,15H,4,6,11-12,14H2,1-3H3,(H2,20,21,22);1H. The average molecular weight is 472 g/mol. The minimum Gasteiger partial charge on any atom is -0.493 e. The molecule has 2 N–H and O–H groups in total. The van der Waals surface area contributed by atoms with Crippen molar-refractivity contribution in [1.29, 1.82) is 0 Å². The first-order valence-corrected chi connectivity index (χ1v) is 8.59. The summed E-state index contributed by atoms with van der Waals surface area (Å²) in [4.78, 5) is 4.63. The molecule has 0 saturated heterocycles. The molecule has 0 saturated carbocycles. The zero-order chi connectivity index (χ0) is 17.9. The number of ether oxygens (including phenoxy) is 2. The molecular weight excluding hydrogens is 443 g/mol. The number of hydrogen-bond acceptors (Lipinski definition) is 3. The van der Waals surface area contributed by atoms with Crippen LogP contribution in [0.15, 0.2) is 47.7 Å². The van der Waals surface area contributed by atoms with Crippen LogP contribution in [0.2, 0.25) is 0 Å². The van der Waals surface area contributed by atoms with Gasteiger partial charge in [0.2, 0.25) is 0 Å². The topological polar surface area (TPSA) is 59.8 Å². The average Bonchev–Trinajstić information content (AvgIpc) is 3.03. The van der Waals surface area contributed by atoms with Crippen LogP contribution in [0.3, 0.4) is 0 Å². The molecule has 26 heavy (non-hydrogen) atoms. The van der Waals surface area contributed by atoms with Crippen LogP contribution in [0.4, 0.5) is 5.69 Å². The molecule has 0 aliphatic rings. The molecule has 2 rings (SSSR count). The summed E-state index contributed by atoms with van der Waals surface area (Å²) in [6.45, 7) is 4.82. The van der Waals surface area contributed by atoms with E-state index < -0.39 is 0 Å². The summed E-state index contributed by atoms with van der Waals surface area (Å²) in [7, 11) is 3.70. The molecule has 0 fully saturated rings. The first-order valence-electron chi connectivity index (χ1n) is 8.59. The van der Waals surface area contributed by atoms with Crippen molar-refractivity contribution in [3.8, 4) is 5.75 Å². The number of aromatic nitrogens is 1. The fraction of sp³-hybridized carbons (Fsp3) is 0.421. The highest BCUT2D eigenvalue weighted by Crippen LogP contribution is 2.17. The van der Waals surface area contributed by atoms with Crippen molar-refractivity contribution in [3.63, 3.8) is 0 Å². The van der Waals surface area contributed by atoms with E-state index in [2.05, 4.69) is 34.8 Å². The van der Waals surface area contributed by atoms with Crippen LogP contribution in [0.25, 0.3) is 0 Å². The highest BCUT2D eigenvalue weighted by atomic mass is 127. The van der Waals surface area contributed by atoms with E-state index in [9.17, 15) is 0 Å². The van der Waals surface area contributed by atoms with Crippen molar-refractivity contribution in [2.45, 2.75) is 19.9 Å². The van der Waals surface area contributed by atoms with E-state index in [4.69, 9.17) is 9.47 Å². The molecule has 0 spiro atoms. The van der Waals surface area contributed by atoms with E-state index in [0.717, 1.165) is 30.4 Å². The summed E-state index contributed by atoms with van der Waals surface area (Å²) >= 11 is 0. The number of nitrogens with one attached hydrogen (secondary N) is 2. The summed E-state index contributed by atoms with van der Waals surface area (Å²) in [5.74, 6) is 1.59. The number of halogens is 1. The Kier molecular flexibility index (Phi) is 10.8. The van der Waals surface area contributed by atoms with E-state index >= 15 is 0 Å². The van der Waals surface area contributed by atoms with Gasteiger partial charge >= 0.3 is 0 Å². The molecule has 0 amide bonds. The summed E-state index contributed by atoms with van der Waals surface area (Å²) in [5.41, 5.74) is 2.12. The number of aliphatic imine (C=N–C) groups is 1. The Balaban J connectivity index is 0.00000338.